The molecule has 1 aliphatic carbocycles. The predicted molar refractivity (Wildman–Crippen MR) is 58.3 cm³/mol. The van der Waals surface area contributed by atoms with E-state index in [-0.39, 0.29) is 0 Å². The minimum Gasteiger partial charge on any atom is -0.315 e. The second kappa shape index (κ2) is 4.25. The van der Waals surface area contributed by atoms with Crippen LogP contribution in [0.15, 0.2) is 12.1 Å². The highest BCUT2D eigenvalue weighted by atomic mass is 32.1. The van der Waals surface area contributed by atoms with Gasteiger partial charge < -0.3 is 5.32 Å². The zero-order chi connectivity index (χ0) is 9.10. The Labute approximate surface area is 84.2 Å². The van der Waals surface area contributed by atoms with Crippen molar-refractivity contribution in [2.24, 2.45) is 0 Å². The van der Waals surface area contributed by atoms with Crippen LogP contribution in [0.25, 0.3) is 0 Å². The van der Waals surface area contributed by atoms with Crippen LogP contribution in [0.5, 0.6) is 0 Å². The molecule has 1 aliphatic rings. The maximum Gasteiger partial charge on any atom is 0.0296 e. The summed E-state index contributed by atoms with van der Waals surface area (Å²) in [4.78, 5) is 3.09. The molecule has 13 heavy (non-hydrogen) atoms. The van der Waals surface area contributed by atoms with Gasteiger partial charge in [-0.2, -0.15) is 0 Å². The number of rotatable bonds is 3. The molecule has 0 radical (unpaired) electrons. The summed E-state index contributed by atoms with van der Waals surface area (Å²) < 4.78 is 0. The first-order valence-corrected chi connectivity index (χ1v) is 5.95. The fourth-order valence-corrected chi connectivity index (χ4v) is 3.29. The molecule has 1 aromatic rings. The van der Waals surface area contributed by atoms with Gasteiger partial charge in [0, 0.05) is 16.3 Å². The summed E-state index contributed by atoms with van der Waals surface area (Å²) in [5.74, 6) is 0.885. The lowest BCUT2D eigenvalue weighted by molar-refractivity contribution is 0.738. The van der Waals surface area contributed by atoms with Crippen molar-refractivity contribution in [2.45, 2.75) is 38.1 Å². The van der Waals surface area contributed by atoms with Crippen molar-refractivity contribution in [1.29, 1.82) is 0 Å². The van der Waals surface area contributed by atoms with Crippen LogP contribution in [0.4, 0.5) is 0 Å². The molecule has 1 fully saturated rings. The van der Waals surface area contributed by atoms with Crippen molar-refractivity contribution < 1.29 is 0 Å². The summed E-state index contributed by atoms with van der Waals surface area (Å²) in [5.41, 5.74) is 0. The van der Waals surface area contributed by atoms with Crippen LogP contribution < -0.4 is 5.32 Å². The molecule has 1 nitrogen and oxygen atoms in total. The van der Waals surface area contributed by atoms with Crippen LogP contribution in [0.1, 0.15) is 41.4 Å². The quantitative estimate of drug-likeness (QED) is 0.781. The maximum absolute atomic E-state index is 3.20. The van der Waals surface area contributed by atoms with Gasteiger partial charge in [-0.25, -0.2) is 0 Å². The van der Waals surface area contributed by atoms with E-state index in [1.165, 1.54) is 30.6 Å². The highest BCUT2D eigenvalue weighted by Gasteiger charge is 2.18. The minimum absolute atomic E-state index is 0.885. The second-order valence-corrected chi connectivity index (χ2v) is 5.02. The molecule has 0 bridgehead atoms. The Kier molecular flexibility index (Phi) is 3.01. The first-order valence-electron chi connectivity index (χ1n) is 5.13. The third-order valence-electron chi connectivity index (χ3n) is 2.79. The molecule has 0 amide bonds. The average molecular weight is 195 g/mol. The summed E-state index contributed by atoms with van der Waals surface area (Å²) in [6, 6.07) is 4.60. The van der Waals surface area contributed by atoms with Crippen molar-refractivity contribution in [1.82, 2.24) is 5.32 Å². The largest absolute Gasteiger partial charge is 0.315 e. The maximum atomic E-state index is 3.20. The third-order valence-corrected chi connectivity index (χ3v) is 4.04. The van der Waals surface area contributed by atoms with E-state index < -0.39 is 0 Å². The highest BCUT2D eigenvalue weighted by molar-refractivity contribution is 7.12. The molecule has 1 aromatic heterocycles. The predicted octanol–water partition coefficient (Wildman–Crippen LogP) is 3.13. The molecule has 0 aliphatic heterocycles. The van der Waals surface area contributed by atoms with E-state index in [0.29, 0.717) is 0 Å². The van der Waals surface area contributed by atoms with Crippen molar-refractivity contribution in [2.75, 3.05) is 7.05 Å². The Hall–Kier alpha value is -0.340. The minimum atomic E-state index is 0.885. The molecule has 0 atom stereocenters. The van der Waals surface area contributed by atoms with Crippen LogP contribution >= 0.6 is 11.3 Å². The Morgan fingerprint density at radius 1 is 1.38 bits per heavy atom. The molecule has 0 aromatic carbocycles. The van der Waals surface area contributed by atoms with Gasteiger partial charge in [-0.05, 0) is 37.9 Å². The van der Waals surface area contributed by atoms with Crippen molar-refractivity contribution in [3.05, 3.63) is 21.9 Å². The van der Waals surface area contributed by atoms with Gasteiger partial charge in [0.1, 0.15) is 0 Å². The lowest BCUT2D eigenvalue weighted by Crippen LogP contribution is -2.02. The topological polar surface area (TPSA) is 12.0 Å². The first-order chi connectivity index (χ1) is 6.40. The standard InChI is InChI=1S/C11H17NS/c1-12-8-10-6-7-11(13-10)9-4-2-3-5-9/h6-7,9,12H,2-5,8H2,1H3. The fraction of sp³-hybridized carbons (Fsp3) is 0.636. The zero-order valence-corrected chi connectivity index (χ0v) is 8.99. The summed E-state index contributed by atoms with van der Waals surface area (Å²) in [6.07, 6.45) is 5.70. The smallest absolute Gasteiger partial charge is 0.0296 e. The molecule has 0 spiro atoms. The van der Waals surface area contributed by atoms with Gasteiger partial charge in [0.25, 0.3) is 0 Å². The van der Waals surface area contributed by atoms with Gasteiger partial charge in [-0.15, -0.1) is 11.3 Å². The monoisotopic (exact) mass is 195 g/mol. The summed E-state index contributed by atoms with van der Waals surface area (Å²) in [5, 5.41) is 3.20. The van der Waals surface area contributed by atoms with Gasteiger partial charge >= 0.3 is 0 Å². The van der Waals surface area contributed by atoms with Crippen molar-refractivity contribution >= 4 is 11.3 Å². The zero-order valence-electron chi connectivity index (χ0n) is 8.18. The van der Waals surface area contributed by atoms with E-state index >= 15 is 0 Å². The Balaban J connectivity index is 2.03. The number of thiophene rings is 1. The molecule has 2 heteroatoms. The average Bonchev–Trinajstić information content (AvgIpc) is 2.70. The molecule has 0 unspecified atom stereocenters. The van der Waals surface area contributed by atoms with Crippen LogP contribution in [-0.2, 0) is 6.54 Å². The number of hydrogen-bond donors (Lipinski definition) is 1. The third kappa shape index (κ3) is 2.12. The van der Waals surface area contributed by atoms with E-state index in [9.17, 15) is 0 Å². The second-order valence-electron chi connectivity index (χ2n) is 3.82. The SMILES string of the molecule is CNCc1ccc(C2CCCC2)s1. The van der Waals surface area contributed by atoms with Crippen LogP contribution in [0.2, 0.25) is 0 Å². The molecule has 1 saturated carbocycles. The summed E-state index contributed by atoms with van der Waals surface area (Å²) >= 11 is 1.99. The van der Waals surface area contributed by atoms with Crippen LogP contribution in [-0.4, -0.2) is 7.05 Å². The fourth-order valence-electron chi connectivity index (χ4n) is 2.09. The van der Waals surface area contributed by atoms with Gasteiger partial charge in [0.15, 0.2) is 0 Å². The molecular weight excluding hydrogens is 178 g/mol. The van der Waals surface area contributed by atoms with E-state index in [2.05, 4.69) is 17.4 Å². The number of nitrogens with one attached hydrogen (secondary N) is 1. The van der Waals surface area contributed by atoms with E-state index in [0.717, 1.165) is 12.5 Å². The van der Waals surface area contributed by atoms with Crippen LogP contribution in [0.3, 0.4) is 0 Å². The normalized spacial score (nSPS) is 18.2. The Bertz CT molecular complexity index is 261. The lowest BCUT2D eigenvalue weighted by Gasteiger charge is -2.03. The lowest BCUT2D eigenvalue weighted by atomic mass is 10.1. The van der Waals surface area contributed by atoms with E-state index in [1.54, 1.807) is 4.88 Å². The van der Waals surface area contributed by atoms with E-state index in [1.807, 2.05) is 18.4 Å². The van der Waals surface area contributed by atoms with Gasteiger partial charge in [-0.1, -0.05) is 12.8 Å². The Morgan fingerprint density at radius 3 is 2.85 bits per heavy atom. The van der Waals surface area contributed by atoms with Crippen molar-refractivity contribution in [3.8, 4) is 0 Å². The Morgan fingerprint density at radius 2 is 2.15 bits per heavy atom. The van der Waals surface area contributed by atoms with Gasteiger partial charge in [0.2, 0.25) is 0 Å². The molecule has 1 heterocycles. The molecule has 0 saturated heterocycles. The molecular formula is C11H17NS. The molecule has 1 N–H and O–H groups in total. The van der Waals surface area contributed by atoms with Gasteiger partial charge in [0.05, 0.1) is 0 Å². The van der Waals surface area contributed by atoms with Crippen molar-refractivity contribution in [3.63, 3.8) is 0 Å². The summed E-state index contributed by atoms with van der Waals surface area (Å²) in [7, 11) is 2.01. The van der Waals surface area contributed by atoms with E-state index in [4.69, 9.17) is 0 Å². The molecule has 72 valence electrons. The summed E-state index contributed by atoms with van der Waals surface area (Å²) in [6.45, 7) is 1.03. The van der Waals surface area contributed by atoms with Crippen LogP contribution in [0, 0.1) is 0 Å². The highest BCUT2D eigenvalue weighted by Crippen LogP contribution is 2.37. The van der Waals surface area contributed by atoms with Gasteiger partial charge in [-0.3, -0.25) is 0 Å². The first kappa shape index (κ1) is 9.22. The number of hydrogen-bond acceptors (Lipinski definition) is 2. The molecule has 2 rings (SSSR count).